The average molecular weight is 510 g/mol. The molecule has 140 valence electrons. The van der Waals surface area contributed by atoms with Crippen LogP contribution in [0.1, 0.15) is 5.56 Å². The Morgan fingerprint density at radius 1 is 0.893 bits per heavy atom. The van der Waals surface area contributed by atoms with Gasteiger partial charge in [0.1, 0.15) is 6.07 Å². The standard InChI is InChI=1S/C20H10F3IN2OS/c21-20(22,23)27-17-10-2-1-8-15(17)26(24)16-9-4-7-14-13-6-3-5-12(11-25)18(13)28-19(14)16/h1-10H. The van der Waals surface area contributed by atoms with Crippen LogP contribution in [0.15, 0.2) is 60.7 Å². The van der Waals surface area contributed by atoms with Gasteiger partial charge in [0, 0.05) is 10.8 Å². The molecule has 28 heavy (non-hydrogen) atoms. The summed E-state index contributed by atoms with van der Waals surface area (Å²) in [4.78, 5) is 0. The van der Waals surface area contributed by atoms with Gasteiger partial charge in [0.05, 0.1) is 49.2 Å². The highest BCUT2D eigenvalue weighted by Crippen LogP contribution is 2.46. The minimum Gasteiger partial charge on any atom is -0.404 e. The minimum atomic E-state index is -4.78. The predicted octanol–water partition coefficient (Wildman–Crippen LogP) is 7.31. The van der Waals surface area contributed by atoms with Crippen LogP contribution in [0.5, 0.6) is 5.75 Å². The Morgan fingerprint density at radius 2 is 1.54 bits per heavy atom. The van der Waals surface area contributed by atoms with Gasteiger partial charge >= 0.3 is 6.36 Å². The second kappa shape index (κ2) is 7.14. The molecule has 0 saturated heterocycles. The minimum absolute atomic E-state index is 0.278. The Labute approximate surface area is 176 Å². The number of halogens is 4. The van der Waals surface area contributed by atoms with Crippen molar-refractivity contribution in [3.8, 4) is 11.8 Å². The van der Waals surface area contributed by atoms with Crippen LogP contribution in [0.25, 0.3) is 20.2 Å². The largest absolute Gasteiger partial charge is 0.573 e. The summed E-state index contributed by atoms with van der Waals surface area (Å²) >= 11 is 3.42. The number of benzene rings is 3. The zero-order chi connectivity index (χ0) is 19.9. The van der Waals surface area contributed by atoms with Crippen LogP contribution in [0.4, 0.5) is 24.5 Å². The number of ether oxygens (including phenoxy) is 1. The van der Waals surface area contributed by atoms with Crippen molar-refractivity contribution in [1.29, 1.82) is 5.26 Å². The molecule has 3 nitrogen and oxygen atoms in total. The zero-order valence-corrected chi connectivity index (χ0v) is 17.0. The number of fused-ring (bicyclic) bond motifs is 3. The summed E-state index contributed by atoms with van der Waals surface area (Å²) in [5.74, 6) is -0.278. The third-order valence-corrected chi connectivity index (χ3v) is 6.45. The van der Waals surface area contributed by atoms with Crippen molar-refractivity contribution in [2.45, 2.75) is 6.36 Å². The number of hydrogen-bond donors (Lipinski definition) is 0. The number of nitriles is 1. The van der Waals surface area contributed by atoms with Gasteiger partial charge in [0.2, 0.25) is 0 Å². The molecule has 0 amide bonds. The summed E-state index contributed by atoms with van der Waals surface area (Å²) in [6.07, 6.45) is -4.78. The van der Waals surface area contributed by atoms with Gasteiger partial charge < -0.3 is 4.74 Å². The smallest absolute Gasteiger partial charge is 0.404 e. The maximum atomic E-state index is 12.8. The van der Waals surface area contributed by atoms with E-state index in [0.717, 1.165) is 25.9 Å². The Balaban J connectivity index is 1.90. The summed E-state index contributed by atoms with van der Waals surface area (Å²) < 4.78 is 46.0. The first kappa shape index (κ1) is 18.8. The molecule has 0 aliphatic rings. The number of anilines is 2. The van der Waals surface area contributed by atoms with Gasteiger partial charge in [-0.15, -0.1) is 24.5 Å². The number of rotatable bonds is 3. The fourth-order valence-electron chi connectivity index (χ4n) is 3.01. The van der Waals surface area contributed by atoms with Gasteiger partial charge in [-0.25, -0.2) is 0 Å². The van der Waals surface area contributed by atoms with Crippen molar-refractivity contribution in [2.24, 2.45) is 0 Å². The number of hydrogen-bond acceptors (Lipinski definition) is 4. The van der Waals surface area contributed by atoms with E-state index < -0.39 is 6.36 Å². The zero-order valence-electron chi connectivity index (χ0n) is 14.0. The van der Waals surface area contributed by atoms with Gasteiger partial charge in [0.15, 0.2) is 5.75 Å². The van der Waals surface area contributed by atoms with E-state index in [1.54, 1.807) is 21.3 Å². The molecule has 0 radical (unpaired) electrons. The quantitative estimate of drug-likeness (QED) is 0.214. The van der Waals surface area contributed by atoms with E-state index in [-0.39, 0.29) is 11.4 Å². The van der Waals surface area contributed by atoms with Crippen LogP contribution in [-0.2, 0) is 0 Å². The van der Waals surface area contributed by atoms with E-state index in [2.05, 4.69) is 10.8 Å². The molecular weight excluding hydrogens is 500 g/mol. The van der Waals surface area contributed by atoms with E-state index >= 15 is 0 Å². The van der Waals surface area contributed by atoms with E-state index in [9.17, 15) is 18.4 Å². The van der Waals surface area contributed by atoms with Crippen LogP contribution >= 0.6 is 34.2 Å². The molecular formula is C20H10F3IN2OS. The molecule has 4 rings (SSSR count). The molecule has 1 aromatic heterocycles. The molecule has 0 atom stereocenters. The molecule has 0 spiro atoms. The molecule has 0 aliphatic carbocycles. The Morgan fingerprint density at radius 3 is 2.25 bits per heavy atom. The van der Waals surface area contributed by atoms with Gasteiger partial charge in [0.25, 0.3) is 0 Å². The molecule has 0 saturated carbocycles. The molecule has 1 heterocycles. The van der Waals surface area contributed by atoms with Crippen LogP contribution in [-0.4, -0.2) is 6.36 Å². The van der Waals surface area contributed by atoms with Crippen molar-refractivity contribution in [1.82, 2.24) is 0 Å². The maximum absolute atomic E-state index is 12.8. The fourth-order valence-corrected chi connectivity index (χ4v) is 5.24. The second-order valence-corrected chi connectivity index (χ2v) is 7.83. The first-order valence-electron chi connectivity index (χ1n) is 8.04. The summed E-state index contributed by atoms with van der Waals surface area (Å²) in [5.41, 5.74) is 1.58. The molecule has 0 unspecified atom stereocenters. The van der Waals surface area contributed by atoms with Crippen LogP contribution < -0.4 is 7.85 Å². The first-order valence-corrected chi connectivity index (χ1v) is 9.82. The lowest BCUT2D eigenvalue weighted by Crippen LogP contribution is -2.18. The van der Waals surface area contributed by atoms with Crippen molar-refractivity contribution < 1.29 is 17.9 Å². The number of alkyl halides is 3. The van der Waals surface area contributed by atoms with Gasteiger partial charge in [-0.05, 0) is 24.3 Å². The monoisotopic (exact) mass is 510 g/mol. The third kappa shape index (κ3) is 3.36. The van der Waals surface area contributed by atoms with E-state index in [0.29, 0.717) is 5.56 Å². The first-order chi connectivity index (χ1) is 13.4. The van der Waals surface area contributed by atoms with Crippen LogP contribution in [0, 0.1) is 11.3 Å². The van der Waals surface area contributed by atoms with E-state index in [1.165, 1.54) is 23.5 Å². The van der Waals surface area contributed by atoms with E-state index in [1.807, 2.05) is 53.2 Å². The number of para-hydroxylation sites is 2. The van der Waals surface area contributed by atoms with E-state index in [4.69, 9.17) is 0 Å². The Bertz CT molecular complexity index is 1230. The van der Waals surface area contributed by atoms with Crippen molar-refractivity contribution in [2.75, 3.05) is 3.11 Å². The normalized spacial score (nSPS) is 11.5. The lowest BCUT2D eigenvalue weighted by atomic mass is 10.1. The summed E-state index contributed by atoms with van der Waals surface area (Å²) in [6, 6.07) is 19.4. The molecule has 0 bridgehead atoms. The van der Waals surface area contributed by atoms with Crippen LogP contribution in [0.2, 0.25) is 0 Å². The highest BCUT2D eigenvalue weighted by Gasteiger charge is 2.33. The Kier molecular flexibility index (Phi) is 4.81. The Hall–Kier alpha value is -2.51. The molecule has 4 aromatic rings. The number of nitrogens with zero attached hydrogens (tertiary/aromatic N) is 2. The third-order valence-electron chi connectivity index (χ3n) is 4.14. The summed E-state index contributed by atoms with van der Waals surface area (Å²) in [5, 5.41) is 11.3. The van der Waals surface area contributed by atoms with Crippen molar-refractivity contribution >= 4 is 65.7 Å². The topological polar surface area (TPSA) is 36.3 Å². The van der Waals surface area contributed by atoms with Crippen molar-refractivity contribution in [3.63, 3.8) is 0 Å². The molecule has 0 fully saturated rings. The number of thiophene rings is 1. The van der Waals surface area contributed by atoms with Crippen molar-refractivity contribution in [3.05, 3.63) is 66.2 Å². The second-order valence-electron chi connectivity index (χ2n) is 5.85. The summed E-state index contributed by atoms with van der Waals surface area (Å²) in [6.45, 7) is 0. The van der Waals surface area contributed by atoms with Gasteiger partial charge in [-0.2, -0.15) is 5.26 Å². The summed E-state index contributed by atoms with van der Waals surface area (Å²) in [7, 11) is 0. The average Bonchev–Trinajstić information content (AvgIpc) is 3.05. The molecule has 0 N–H and O–H groups in total. The SMILES string of the molecule is N#Cc1cccc2c1sc1c(N(I)c3ccccc3OC(F)(F)F)cccc12. The molecule has 8 heteroatoms. The van der Waals surface area contributed by atoms with Gasteiger partial charge in [-0.1, -0.05) is 36.4 Å². The fraction of sp³-hybridized carbons (Fsp3) is 0.0500. The molecule has 3 aromatic carbocycles. The molecule has 0 aliphatic heterocycles. The highest BCUT2D eigenvalue weighted by molar-refractivity contribution is 14.1. The maximum Gasteiger partial charge on any atom is 0.573 e. The lowest BCUT2D eigenvalue weighted by Gasteiger charge is -2.21. The van der Waals surface area contributed by atoms with Gasteiger partial charge in [-0.3, -0.25) is 3.11 Å². The lowest BCUT2D eigenvalue weighted by molar-refractivity contribution is -0.274. The predicted molar refractivity (Wildman–Crippen MR) is 113 cm³/mol. The van der Waals surface area contributed by atoms with Crippen LogP contribution in [0.3, 0.4) is 0 Å². The highest BCUT2D eigenvalue weighted by atomic mass is 127.